The van der Waals surface area contributed by atoms with Gasteiger partial charge in [-0.3, -0.25) is 4.72 Å². The van der Waals surface area contributed by atoms with Crippen LogP contribution in [0.4, 0.5) is 13.9 Å². The third kappa shape index (κ3) is 3.36. The molecule has 0 atom stereocenters. The number of nitrogens with one attached hydrogen (secondary N) is 1. The van der Waals surface area contributed by atoms with E-state index in [1.54, 1.807) is 0 Å². The zero-order valence-electron chi connectivity index (χ0n) is 9.80. The van der Waals surface area contributed by atoms with E-state index >= 15 is 0 Å². The monoisotopic (exact) mass is 398 g/mol. The molecular weight excluding hydrogens is 394 g/mol. The highest BCUT2D eigenvalue weighted by molar-refractivity contribution is 9.11. The van der Waals surface area contributed by atoms with Gasteiger partial charge in [-0.25, -0.2) is 27.0 Å². The molecule has 0 aliphatic rings. The minimum Gasteiger partial charge on any atom is -0.478 e. The molecule has 0 aliphatic heterocycles. The zero-order valence-corrected chi connectivity index (χ0v) is 13.0. The number of carboxylic acid groups (broad SMARTS) is 1. The van der Waals surface area contributed by atoms with Crippen LogP contribution >= 0.6 is 27.3 Å². The molecular formula is C10H5BrF2N2O4S2. The van der Waals surface area contributed by atoms with Crippen molar-refractivity contribution in [1.29, 1.82) is 0 Å². The van der Waals surface area contributed by atoms with Crippen LogP contribution in [0.25, 0.3) is 0 Å². The summed E-state index contributed by atoms with van der Waals surface area (Å²) in [5.41, 5.74) is -0.686. The number of benzene rings is 1. The summed E-state index contributed by atoms with van der Waals surface area (Å²) in [6, 6.07) is 0.933. The smallest absolute Gasteiger partial charge is 0.335 e. The van der Waals surface area contributed by atoms with Crippen LogP contribution in [0.5, 0.6) is 0 Å². The highest BCUT2D eigenvalue weighted by atomic mass is 79.9. The number of sulfonamides is 1. The predicted octanol–water partition coefficient (Wildman–Crippen LogP) is 2.68. The molecule has 21 heavy (non-hydrogen) atoms. The van der Waals surface area contributed by atoms with E-state index in [-0.39, 0.29) is 5.13 Å². The van der Waals surface area contributed by atoms with Crippen LogP contribution in [-0.2, 0) is 10.0 Å². The maximum absolute atomic E-state index is 13.6. The second-order valence-electron chi connectivity index (χ2n) is 3.65. The van der Waals surface area contributed by atoms with Gasteiger partial charge in [-0.1, -0.05) is 11.3 Å². The van der Waals surface area contributed by atoms with Crippen molar-refractivity contribution in [3.63, 3.8) is 0 Å². The van der Waals surface area contributed by atoms with Gasteiger partial charge >= 0.3 is 5.97 Å². The number of halogens is 3. The third-order valence-electron chi connectivity index (χ3n) is 2.23. The van der Waals surface area contributed by atoms with Crippen molar-refractivity contribution in [3.8, 4) is 0 Å². The Balaban J connectivity index is 2.51. The Hall–Kier alpha value is -1.59. The van der Waals surface area contributed by atoms with Crippen LogP contribution in [0.2, 0.25) is 0 Å². The van der Waals surface area contributed by atoms with E-state index in [0.29, 0.717) is 15.9 Å². The minimum atomic E-state index is -4.51. The molecule has 0 spiro atoms. The van der Waals surface area contributed by atoms with Crippen molar-refractivity contribution in [3.05, 3.63) is 39.3 Å². The second kappa shape index (κ2) is 5.66. The van der Waals surface area contributed by atoms with Crippen molar-refractivity contribution in [2.24, 2.45) is 0 Å². The molecule has 2 N–H and O–H groups in total. The molecule has 0 unspecified atom stereocenters. The van der Waals surface area contributed by atoms with Gasteiger partial charge in [-0.05, 0) is 28.1 Å². The molecule has 11 heteroatoms. The van der Waals surface area contributed by atoms with Crippen molar-refractivity contribution in [2.75, 3.05) is 4.72 Å². The molecule has 112 valence electrons. The molecule has 0 saturated carbocycles. The second-order valence-corrected chi connectivity index (χ2v) is 7.71. The Kier molecular flexibility index (Phi) is 4.25. The molecule has 1 aromatic carbocycles. The summed E-state index contributed by atoms with van der Waals surface area (Å²) in [6.45, 7) is 0. The Bertz CT molecular complexity index is 822. The zero-order chi connectivity index (χ0) is 15.8. The quantitative estimate of drug-likeness (QED) is 0.824. The van der Waals surface area contributed by atoms with Gasteiger partial charge in [-0.15, -0.1) is 0 Å². The van der Waals surface area contributed by atoms with Crippen molar-refractivity contribution >= 4 is 48.4 Å². The fraction of sp³-hybridized carbons (Fsp3) is 0. The molecule has 0 radical (unpaired) electrons. The Morgan fingerprint density at radius 2 is 2.05 bits per heavy atom. The summed E-state index contributed by atoms with van der Waals surface area (Å²) < 4.78 is 53.4. The largest absolute Gasteiger partial charge is 0.478 e. The van der Waals surface area contributed by atoms with E-state index in [1.165, 1.54) is 6.20 Å². The first-order valence-electron chi connectivity index (χ1n) is 5.07. The minimum absolute atomic E-state index is 0.0811. The molecule has 2 rings (SSSR count). The van der Waals surface area contributed by atoms with E-state index < -0.39 is 38.1 Å². The summed E-state index contributed by atoms with van der Waals surface area (Å²) >= 11 is 3.97. The maximum atomic E-state index is 13.6. The van der Waals surface area contributed by atoms with E-state index in [1.807, 2.05) is 4.72 Å². The molecule has 2 aromatic rings. The van der Waals surface area contributed by atoms with Crippen LogP contribution in [0.3, 0.4) is 0 Å². The molecule has 0 fully saturated rings. The number of carbonyl (C=O) groups is 1. The summed E-state index contributed by atoms with van der Waals surface area (Å²) in [5.74, 6) is -4.82. The van der Waals surface area contributed by atoms with Gasteiger partial charge in [0.05, 0.1) is 15.5 Å². The van der Waals surface area contributed by atoms with Gasteiger partial charge in [0.1, 0.15) is 4.90 Å². The molecule has 0 aliphatic carbocycles. The lowest BCUT2D eigenvalue weighted by Gasteiger charge is -2.08. The van der Waals surface area contributed by atoms with Gasteiger partial charge in [0.2, 0.25) is 0 Å². The number of hydrogen-bond acceptors (Lipinski definition) is 5. The normalized spacial score (nSPS) is 11.4. The first-order valence-corrected chi connectivity index (χ1v) is 8.16. The van der Waals surface area contributed by atoms with Gasteiger partial charge in [0, 0.05) is 0 Å². The van der Waals surface area contributed by atoms with Crippen molar-refractivity contribution in [1.82, 2.24) is 4.98 Å². The van der Waals surface area contributed by atoms with Crippen molar-refractivity contribution < 1.29 is 27.1 Å². The van der Waals surface area contributed by atoms with Gasteiger partial charge in [0.15, 0.2) is 16.8 Å². The highest BCUT2D eigenvalue weighted by Crippen LogP contribution is 2.27. The van der Waals surface area contributed by atoms with Crippen molar-refractivity contribution in [2.45, 2.75) is 4.90 Å². The van der Waals surface area contributed by atoms with E-state index in [4.69, 9.17) is 5.11 Å². The van der Waals surface area contributed by atoms with Crippen LogP contribution in [-0.4, -0.2) is 24.5 Å². The summed E-state index contributed by atoms with van der Waals surface area (Å²) in [4.78, 5) is 13.4. The Morgan fingerprint density at radius 1 is 1.38 bits per heavy atom. The van der Waals surface area contributed by atoms with Crippen LogP contribution in [0.1, 0.15) is 10.4 Å². The van der Waals surface area contributed by atoms with Crippen LogP contribution in [0.15, 0.2) is 27.0 Å². The molecule has 0 saturated heterocycles. The molecule has 1 heterocycles. The number of carboxylic acids is 1. The number of anilines is 1. The number of nitrogens with zero attached hydrogens (tertiary/aromatic N) is 1. The standard InChI is InChI=1S/C10H5BrF2N2O4S2/c11-7-3-14-10(20-7)15-21(18,19)6-2-4(9(16)17)1-5(12)8(6)13/h1-3H,(H,14,15)(H,16,17). The average Bonchev–Trinajstić information content (AvgIpc) is 2.76. The molecule has 0 bridgehead atoms. The third-order valence-corrected chi connectivity index (χ3v) is 5.09. The highest BCUT2D eigenvalue weighted by Gasteiger charge is 2.25. The number of rotatable bonds is 4. The summed E-state index contributed by atoms with van der Waals surface area (Å²) in [7, 11) is -4.51. The first kappa shape index (κ1) is 15.8. The van der Waals surface area contributed by atoms with Crippen LogP contribution in [0, 0.1) is 11.6 Å². The first-order chi connectivity index (χ1) is 9.70. The lowest BCUT2D eigenvalue weighted by atomic mass is 10.2. The van der Waals surface area contributed by atoms with Gasteiger partial charge in [-0.2, -0.15) is 0 Å². The lowest BCUT2D eigenvalue weighted by Crippen LogP contribution is -2.16. The number of hydrogen-bond donors (Lipinski definition) is 2. The SMILES string of the molecule is O=C(O)c1cc(F)c(F)c(S(=O)(=O)Nc2ncc(Br)s2)c1. The average molecular weight is 399 g/mol. The fourth-order valence-electron chi connectivity index (χ4n) is 1.35. The number of aromatic nitrogens is 1. The Morgan fingerprint density at radius 3 is 2.57 bits per heavy atom. The Labute approximate surface area is 129 Å². The number of thiazole rings is 1. The molecule has 1 aromatic heterocycles. The van der Waals surface area contributed by atoms with Gasteiger partial charge < -0.3 is 5.11 Å². The van der Waals surface area contributed by atoms with Gasteiger partial charge in [0.25, 0.3) is 10.0 Å². The fourth-order valence-corrected chi connectivity index (χ4v) is 3.82. The predicted molar refractivity (Wildman–Crippen MR) is 73.9 cm³/mol. The molecule has 0 amide bonds. The van der Waals surface area contributed by atoms with E-state index in [9.17, 15) is 22.0 Å². The van der Waals surface area contributed by atoms with E-state index in [0.717, 1.165) is 11.3 Å². The lowest BCUT2D eigenvalue weighted by molar-refractivity contribution is 0.0696. The molecule has 6 nitrogen and oxygen atoms in total. The number of aromatic carboxylic acids is 1. The topological polar surface area (TPSA) is 96.4 Å². The maximum Gasteiger partial charge on any atom is 0.335 e. The van der Waals surface area contributed by atoms with Crippen LogP contribution < -0.4 is 4.72 Å². The van der Waals surface area contributed by atoms with E-state index in [2.05, 4.69) is 20.9 Å². The summed E-state index contributed by atoms with van der Waals surface area (Å²) in [5, 5.41) is 8.68. The summed E-state index contributed by atoms with van der Waals surface area (Å²) in [6.07, 6.45) is 1.31.